The highest BCUT2D eigenvalue weighted by atomic mass is 16.6. The van der Waals surface area contributed by atoms with Crippen LogP contribution < -0.4 is 25.0 Å². The molecule has 5 rings (SSSR count). The minimum atomic E-state index is -0.706. The molecule has 3 fully saturated rings. The number of anilines is 1. The van der Waals surface area contributed by atoms with E-state index in [4.69, 9.17) is 9.47 Å². The smallest absolute Gasteiger partial charge is 0.325 e. The lowest BCUT2D eigenvalue weighted by atomic mass is 9.98. The van der Waals surface area contributed by atoms with Crippen LogP contribution in [0.5, 0.6) is 11.5 Å². The molecule has 5 amide bonds. The first-order chi connectivity index (χ1) is 16.0. The number of amides is 5. The molecule has 4 aliphatic rings. The predicted octanol–water partition coefficient (Wildman–Crippen LogP) is 1.18. The van der Waals surface area contributed by atoms with Crippen molar-refractivity contribution < 1.29 is 28.7 Å². The Morgan fingerprint density at radius 3 is 2.67 bits per heavy atom. The third-order valence-corrected chi connectivity index (χ3v) is 6.89. The van der Waals surface area contributed by atoms with Gasteiger partial charge in [-0.05, 0) is 31.4 Å². The Balaban J connectivity index is 1.11. The average molecular weight is 456 g/mol. The molecule has 176 valence electrons. The molecule has 3 aliphatic heterocycles. The minimum Gasteiger partial charge on any atom is -0.486 e. The molecule has 0 unspecified atom stereocenters. The Hall–Kier alpha value is -3.30. The van der Waals surface area contributed by atoms with Crippen molar-refractivity contribution in [3.8, 4) is 11.5 Å². The van der Waals surface area contributed by atoms with Crippen molar-refractivity contribution in [2.75, 3.05) is 37.7 Å². The van der Waals surface area contributed by atoms with E-state index in [9.17, 15) is 19.2 Å². The van der Waals surface area contributed by atoms with Gasteiger partial charge in [-0.25, -0.2) is 4.79 Å². The van der Waals surface area contributed by atoms with Gasteiger partial charge < -0.3 is 25.0 Å². The number of nitrogens with zero attached hydrogens (tertiary/aromatic N) is 2. The maximum atomic E-state index is 12.7. The number of rotatable bonds is 6. The standard InChI is InChI=1S/C23H28N4O6/c28-19-12-15(14-27(19)16-4-5-17-18(13-16)33-11-10-32-17)20(29)24-8-3-9-26-21(30)23(25-22(26)31)6-1-2-7-23/h4-5,13,15H,1-3,6-12,14H2,(H,24,29)(H,25,31)/t15-/m0/s1. The molecular formula is C23H28N4O6. The fourth-order valence-corrected chi connectivity index (χ4v) is 5.12. The van der Waals surface area contributed by atoms with Crippen molar-refractivity contribution in [1.29, 1.82) is 0 Å². The van der Waals surface area contributed by atoms with Crippen molar-refractivity contribution >= 4 is 29.4 Å². The summed E-state index contributed by atoms with van der Waals surface area (Å²) in [6.45, 7) is 1.84. The van der Waals surface area contributed by atoms with Crippen LogP contribution >= 0.6 is 0 Å². The quantitative estimate of drug-likeness (QED) is 0.490. The monoisotopic (exact) mass is 456 g/mol. The van der Waals surface area contributed by atoms with Crippen molar-refractivity contribution in [2.24, 2.45) is 5.92 Å². The molecule has 0 bridgehead atoms. The number of imide groups is 1. The van der Waals surface area contributed by atoms with Crippen molar-refractivity contribution in [3.05, 3.63) is 18.2 Å². The molecule has 2 N–H and O–H groups in total. The van der Waals surface area contributed by atoms with Crippen LogP contribution in [0.3, 0.4) is 0 Å². The average Bonchev–Trinajstić information content (AvgIpc) is 3.50. The summed E-state index contributed by atoms with van der Waals surface area (Å²) in [6.07, 6.45) is 3.88. The summed E-state index contributed by atoms with van der Waals surface area (Å²) in [7, 11) is 0. The molecule has 1 aromatic rings. The first-order valence-corrected chi connectivity index (χ1v) is 11.6. The Kier molecular flexibility index (Phi) is 5.59. The van der Waals surface area contributed by atoms with Crippen LogP contribution in [-0.4, -0.2) is 67.0 Å². The molecule has 0 radical (unpaired) electrons. The first-order valence-electron chi connectivity index (χ1n) is 11.6. The number of carbonyl (C=O) groups excluding carboxylic acids is 4. The van der Waals surface area contributed by atoms with Gasteiger partial charge in [-0.2, -0.15) is 0 Å². The lowest BCUT2D eigenvalue weighted by molar-refractivity contribution is -0.131. The Labute approximate surface area is 191 Å². The summed E-state index contributed by atoms with van der Waals surface area (Å²) in [5.74, 6) is 0.326. The van der Waals surface area contributed by atoms with Gasteiger partial charge >= 0.3 is 6.03 Å². The fourth-order valence-electron chi connectivity index (χ4n) is 5.12. The molecule has 10 nitrogen and oxygen atoms in total. The third-order valence-electron chi connectivity index (χ3n) is 6.89. The van der Waals surface area contributed by atoms with Gasteiger partial charge in [0, 0.05) is 37.8 Å². The van der Waals surface area contributed by atoms with E-state index in [2.05, 4.69) is 10.6 Å². The highest BCUT2D eigenvalue weighted by Crippen LogP contribution is 2.36. The van der Waals surface area contributed by atoms with Crippen LogP contribution in [0.4, 0.5) is 10.5 Å². The number of fused-ring (bicyclic) bond motifs is 1. The van der Waals surface area contributed by atoms with Gasteiger partial charge in [0.05, 0.1) is 5.92 Å². The normalized spacial score (nSPS) is 23.4. The molecule has 2 saturated heterocycles. The number of benzene rings is 1. The number of hydrogen-bond acceptors (Lipinski definition) is 6. The SMILES string of the molecule is O=C(NCCCN1C(=O)NC2(CCCC2)C1=O)[C@H]1CC(=O)N(c2ccc3c(c2)OCCO3)C1. The summed E-state index contributed by atoms with van der Waals surface area (Å²) < 4.78 is 11.1. The van der Waals surface area contributed by atoms with Crippen molar-refractivity contribution in [3.63, 3.8) is 0 Å². The maximum Gasteiger partial charge on any atom is 0.325 e. The number of urea groups is 1. The Morgan fingerprint density at radius 1 is 1.12 bits per heavy atom. The van der Waals surface area contributed by atoms with Crippen LogP contribution in [0.2, 0.25) is 0 Å². The molecular weight excluding hydrogens is 428 g/mol. The minimum absolute atomic E-state index is 0.118. The van der Waals surface area contributed by atoms with Crippen LogP contribution in [0, 0.1) is 5.92 Å². The molecule has 1 spiro atoms. The van der Waals surface area contributed by atoms with E-state index in [-0.39, 0.29) is 36.7 Å². The first kappa shape index (κ1) is 21.5. The number of nitrogens with one attached hydrogen (secondary N) is 2. The van der Waals surface area contributed by atoms with Crippen molar-refractivity contribution in [2.45, 2.75) is 44.1 Å². The van der Waals surface area contributed by atoms with Gasteiger partial charge in [-0.1, -0.05) is 12.8 Å². The van der Waals surface area contributed by atoms with E-state index in [0.717, 1.165) is 12.8 Å². The maximum absolute atomic E-state index is 12.7. The van der Waals surface area contributed by atoms with E-state index in [1.54, 1.807) is 23.1 Å². The van der Waals surface area contributed by atoms with E-state index >= 15 is 0 Å². The summed E-state index contributed by atoms with van der Waals surface area (Å²) in [6, 6.07) is 4.99. The summed E-state index contributed by atoms with van der Waals surface area (Å²) in [5.41, 5.74) is -0.0269. The molecule has 1 aromatic carbocycles. The lowest BCUT2D eigenvalue weighted by Gasteiger charge is -2.22. The highest BCUT2D eigenvalue weighted by Gasteiger charge is 2.52. The molecule has 33 heavy (non-hydrogen) atoms. The Bertz CT molecular complexity index is 989. The van der Waals surface area contributed by atoms with E-state index in [1.807, 2.05) is 0 Å². The largest absolute Gasteiger partial charge is 0.486 e. The lowest BCUT2D eigenvalue weighted by Crippen LogP contribution is -2.44. The van der Waals surface area contributed by atoms with Gasteiger partial charge in [-0.15, -0.1) is 0 Å². The fraction of sp³-hybridized carbons (Fsp3) is 0.565. The zero-order valence-corrected chi connectivity index (χ0v) is 18.4. The van der Waals surface area contributed by atoms with E-state index < -0.39 is 11.5 Å². The van der Waals surface area contributed by atoms with Gasteiger partial charge in [0.15, 0.2) is 11.5 Å². The molecule has 10 heteroatoms. The second-order valence-corrected chi connectivity index (χ2v) is 9.05. The summed E-state index contributed by atoms with van der Waals surface area (Å²) >= 11 is 0. The van der Waals surface area contributed by atoms with Crippen LogP contribution in [0.1, 0.15) is 38.5 Å². The topological polar surface area (TPSA) is 117 Å². The second kappa shape index (κ2) is 8.57. The van der Waals surface area contributed by atoms with E-state index in [1.165, 1.54) is 4.90 Å². The molecule has 3 heterocycles. The summed E-state index contributed by atoms with van der Waals surface area (Å²) in [4.78, 5) is 52.9. The van der Waals surface area contributed by atoms with Crippen molar-refractivity contribution in [1.82, 2.24) is 15.5 Å². The summed E-state index contributed by atoms with van der Waals surface area (Å²) in [5, 5.41) is 5.71. The molecule has 1 saturated carbocycles. The third kappa shape index (κ3) is 3.98. The predicted molar refractivity (Wildman–Crippen MR) is 117 cm³/mol. The van der Waals surface area contributed by atoms with E-state index in [0.29, 0.717) is 62.8 Å². The Morgan fingerprint density at radius 2 is 1.88 bits per heavy atom. The van der Waals surface area contributed by atoms with Gasteiger partial charge in [0.1, 0.15) is 18.8 Å². The van der Waals surface area contributed by atoms with Gasteiger partial charge in [0.25, 0.3) is 5.91 Å². The zero-order chi connectivity index (χ0) is 23.0. The molecule has 1 aliphatic carbocycles. The van der Waals surface area contributed by atoms with Crippen LogP contribution in [-0.2, 0) is 14.4 Å². The molecule has 0 aromatic heterocycles. The van der Waals surface area contributed by atoms with Crippen LogP contribution in [0.25, 0.3) is 0 Å². The van der Waals surface area contributed by atoms with Gasteiger partial charge in [-0.3, -0.25) is 19.3 Å². The highest BCUT2D eigenvalue weighted by molar-refractivity contribution is 6.07. The second-order valence-electron chi connectivity index (χ2n) is 9.05. The zero-order valence-electron chi connectivity index (χ0n) is 18.4. The molecule has 1 atom stereocenters. The number of ether oxygens (including phenoxy) is 2. The number of carbonyl (C=O) groups is 4. The van der Waals surface area contributed by atoms with Crippen LogP contribution in [0.15, 0.2) is 18.2 Å². The van der Waals surface area contributed by atoms with Gasteiger partial charge in [0.2, 0.25) is 11.8 Å². The number of hydrogen-bond donors (Lipinski definition) is 2.